The molecule has 2 nitrogen and oxygen atoms in total. The molecule has 0 saturated heterocycles. The molecule has 0 amide bonds. The highest BCUT2D eigenvalue weighted by Crippen LogP contribution is 2.14. The van der Waals surface area contributed by atoms with Gasteiger partial charge in [-0.2, -0.15) is 0 Å². The molecule has 0 N–H and O–H groups in total. The van der Waals surface area contributed by atoms with Gasteiger partial charge in [-0.25, -0.2) is 0 Å². The maximum atomic E-state index is 11.2. The van der Waals surface area contributed by atoms with Gasteiger partial charge in [0.15, 0.2) is 5.78 Å². The van der Waals surface area contributed by atoms with E-state index >= 15 is 0 Å². The fraction of sp³-hybridized carbons (Fsp3) is 0.231. The lowest BCUT2D eigenvalue weighted by Crippen LogP contribution is -1.96. The summed E-state index contributed by atoms with van der Waals surface area (Å²) in [4.78, 5) is 15.5. The van der Waals surface area contributed by atoms with Gasteiger partial charge >= 0.3 is 0 Å². The molecule has 1 aromatic rings. The van der Waals surface area contributed by atoms with Gasteiger partial charge in [0, 0.05) is 11.9 Å². The Labute approximate surface area is 89.3 Å². The number of carbonyl (C=O) groups is 1. The van der Waals surface area contributed by atoms with Crippen molar-refractivity contribution in [3.8, 4) is 0 Å². The first-order chi connectivity index (χ1) is 7.36. The van der Waals surface area contributed by atoms with E-state index in [-0.39, 0.29) is 5.78 Å². The fourth-order valence-electron chi connectivity index (χ4n) is 1.65. The molecule has 2 heteroatoms. The van der Waals surface area contributed by atoms with E-state index in [1.165, 1.54) is 0 Å². The average Bonchev–Trinajstić information content (AvgIpc) is 2.66. The molecule has 0 unspecified atom stereocenters. The predicted octanol–water partition coefficient (Wildman–Crippen LogP) is 2.47. The molecule has 76 valence electrons. The second-order valence-corrected chi connectivity index (χ2v) is 3.59. The zero-order valence-corrected chi connectivity index (χ0v) is 8.52. The third-order valence-electron chi connectivity index (χ3n) is 2.47. The van der Waals surface area contributed by atoms with Crippen LogP contribution in [0, 0.1) is 0 Å². The standard InChI is InChI=1S/C13H13NO/c15-13-9-4-6-11(13)5-3-8-12-7-1-2-10-14-12/h1-2,4,6-7,9-10H,3,5,8H2. The van der Waals surface area contributed by atoms with Crippen LogP contribution in [0.4, 0.5) is 0 Å². The van der Waals surface area contributed by atoms with Gasteiger partial charge in [-0.3, -0.25) is 9.78 Å². The Morgan fingerprint density at radius 3 is 2.80 bits per heavy atom. The first-order valence-electron chi connectivity index (χ1n) is 5.18. The second kappa shape index (κ2) is 4.69. The summed E-state index contributed by atoms with van der Waals surface area (Å²) in [6.45, 7) is 0. The summed E-state index contributed by atoms with van der Waals surface area (Å²) in [7, 11) is 0. The lowest BCUT2D eigenvalue weighted by atomic mass is 10.1. The van der Waals surface area contributed by atoms with Crippen molar-refractivity contribution >= 4 is 5.78 Å². The van der Waals surface area contributed by atoms with Crippen LogP contribution in [0.15, 0.2) is 48.2 Å². The molecular weight excluding hydrogens is 186 g/mol. The van der Waals surface area contributed by atoms with Crippen molar-refractivity contribution < 1.29 is 4.79 Å². The molecule has 0 saturated carbocycles. The van der Waals surface area contributed by atoms with Gasteiger partial charge in [0.2, 0.25) is 0 Å². The van der Waals surface area contributed by atoms with Gasteiger partial charge in [-0.15, -0.1) is 0 Å². The van der Waals surface area contributed by atoms with Crippen LogP contribution in [-0.2, 0) is 11.2 Å². The Kier molecular flexibility index (Phi) is 3.08. The van der Waals surface area contributed by atoms with Crippen molar-refractivity contribution in [3.05, 3.63) is 53.9 Å². The van der Waals surface area contributed by atoms with Crippen LogP contribution < -0.4 is 0 Å². The Bertz CT molecular complexity index is 404. The van der Waals surface area contributed by atoms with Crippen molar-refractivity contribution in [2.75, 3.05) is 0 Å². The molecule has 15 heavy (non-hydrogen) atoms. The maximum Gasteiger partial charge on any atom is 0.181 e. The Morgan fingerprint density at radius 2 is 2.13 bits per heavy atom. The number of aromatic nitrogens is 1. The number of nitrogens with zero attached hydrogens (tertiary/aromatic N) is 1. The van der Waals surface area contributed by atoms with Crippen molar-refractivity contribution in [3.63, 3.8) is 0 Å². The molecule has 1 heterocycles. The smallest absolute Gasteiger partial charge is 0.181 e. The van der Waals surface area contributed by atoms with E-state index in [4.69, 9.17) is 0 Å². The maximum absolute atomic E-state index is 11.2. The number of ketones is 1. The van der Waals surface area contributed by atoms with Crippen LogP contribution in [0.3, 0.4) is 0 Å². The molecule has 0 atom stereocenters. The van der Waals surface area contributed by atoms with Crippen molar-refractivity contribution in [1.82, 2.24) is 4.98 Å². The molecule has 1 aliphatic carbocycles. The molecular formula is C13H13NO. The van der Waals surface area contributed by atoms with Gasteiger partial charge in [0.05, 0.1) is 0 Å². The van der Waals surface area contributed by atoms with Gasteiger partial charge in [0.25, 0.3) is 0 Å². The lowest BCUT2D eigenvalue weighted by Gasteiger charge is -2.00. The zero-order chi connectivity index (χ0) is 10.5. The average molecular weight is 199 g/mol. The topological polar surface area (TPSA) is 30.0 Å². The molecule has 0 aliphatic heterocycles. The summed E-state index contributed by atoms with van der Waals surface area (Å²) in [6.07, 6.45) is 9.91. The molecule has 0 fully saturated rings. The number of rotatable bonds is 4. The summed E-state index contributed by atoms with van der Waals surface area (Å²) in [6, 6.07) is 5.92. The first-order valence-corrected chi connectivity index (χ1v) is 5.18. The Morgan fingerprint density at radius 1 is 1.20 bits per heavy atom. The highest BCUT2D eigenvalue weighted by molar-refractivity contribution is 6.06. The van der Waals surface area contributed by atoms with Gasteiger partial charge in [-0.05, 0) is 43.0 Å². The van der Waals surface area contributed by atoms with E-state index in [0.717, 1.165) is 30.5 Å². The van der Waals surface area contributed by atoms with Crippen molar-refractivity contribution in [2.45, 2.75) is 19.3 Å². The molecule has 0 bridgehead atoms. The quantitative estimate of drug-likeness (QED) is 0.745. The minimum Gasteiger partial charge on any atom is -0.290 e. The van der Waals surface area contributed by atoms with Gasteiger partial charge in [0.1, 0.15) is 0 Å². The summed E-state index contributed by atoms with van der Waals surface area (Å²) in [5.74, 6) is 0.163. The van der Waals surface area contributed by atoms with Crippen LogP contribution in [-0.4, -0.2) is 10.8 Å². The molecule has 0 radical (unpaired) electrons. The largest absolute Gasteiger partial charge is 0.290 e. The number of carbonyl (C=O) groups excluding carboxylic acids is 1. The van der Waals surface area contributed by atoms with E-state index in [0.29, 0.717) is 0 Å². The first kappa shape index (κ1) is 9.84. The zero-order valence-electron chi connectivity index (χ0n) is 8.52. The van der Waals surface area contributed by atoms with Crippen LogP contribution in [0.5, 0.6) is 0 Å². The van der Waals surface area contributed by atoms with Crippen LogP contribution >= 0.6 is 0 Å². The van der Waals surface area contributed by atoms with Crippen molar-refractivity contribution in [1.29, 1.82) is 0 Å². The molecule has 0 spiro atoms. The number of pyridine rings is 1. The molecule has 0 aromatic carbocycles. The Hall–Kier alpha value is -1.70. The van der Waals surface area contributed by atoms with Crippen molar-refractivity contribution in [2.24, 2.45) is 0 Å². The molecule has 1 aliphatic rings. The highest BCUT2D eigenvalue weighted by Gasteiger charge is 2.08. The molecule has 2 rings (SSSR count). The van der Waals surface area contributed by atoms with E-state index in [2.05, 4.69) is 4.98 Å². The minimum absolute atomic E-state index is 0.163. The van der Waals surface area contributed by atoms with E-state index in [1.807, 2.05) is 30.4 Å². The molecule has 1 aromatic heterocycles. The monoisotopic (exact) mass is 199 g/mol. The van der Waals surface area contributed by atoms with Crippen LogP contribution in [0.2, 0.25) is 0 Å². The van der Waals surface area contributed by atoms with Crippen LogP contribution in [0.25, 0.3) is 0 Å². The number of hydrogen-bond acceptors (Lipinski definition) is 2. The Balaban J connectivity index is 1.79. The number of hydrogen-bond donors (Lipinski definition) is 0. The van der Waals surface area contributed by atoms with E-state index < -0.39 is 0 Å². The number of allylic oxidation sites excluding steroid dienone is 4. The summed E-state index contributed by atoms with van der Waals surface area (Å²) < 4.78 is 0. The van der Waals surface area contributed by atoms with E-state index in [9.17, 15) is 4.79 Å². The van der Waals surface area contributed by atoms with Gasteiger partial charge < -0.3 is 0 Å². The summed E-state index contributed by atoms with van der Waals surface area (Å²) >= 11 is 0. The predicted molar refractivity (Wildman–Crippen MR) is 59.4 cm³/mol. The minimum atomic E-state index is 0.163. The van der Waals surface area contributed by atoms with Crippen LogP contribution in [0.1, 0.15) is 18.5 Å². The lowest BCUT2D eigenvalue weighted by molar-refractivity contribution is -0.111. The highest BCUT2D eigenvalue weighted by atomic mass is 16.1. The SMILES string of the molecule is O=C1C=CC=C1CCCc1ccccn1. The normalized spacial score (nSPS) is 14.4. The van der Waals surface area contributed by atoms with Gasteiger partial charge in [-0.1, -0.05) is 18.2 Å². The van der Waals surface area contributed by atoms with E-state index in [1.54, 1.807) is 12.3 Å². The summed E-state index contributed by atoms with van der Waals surface area (Å²) in [5, 5.41) is 0. The number of aryl methyl sites for hydroxylation is 1. The third kappa shape index (κ3) is 2.62. The summed E-state index contributed by atoms with van der Waals surface area (Å²) in [5.41, 5.74) is 2.02. The third-order valence-corrected chi connectivity index (χ3v) is 2.47. The fourth-order valence-corrected chi connectivity index (χ4v) is 1.65. The second-order valence-electron chi connectivity index (χ2n) is 3.59.